The minimum atomic E-state index is -0.344. The zero-order chi connectivity index (χ0) is 14.4. The Morgan fingerprint density at radius 2 is 2.10 bits per heavy atom. The van der Waals surface area contributed by atoms with Crippen LogP contribution in [-0.4, -0.2) is 6.61 Å². The van der Waals surface area contributed by atoms with E-state index in [9.17, 15) is 4.39 Å². The van der Waals surface area contributed by atoms with Gasteiger partial charge in [-0.15, -0.1) is 0 Å². The molecule has 0 atom stereocenters. The van der Waals surface area contributed by atoms with Gasteiger partial charge in [-0.1, -0.05) is 6.07 Å². The molecule has 0 saturated carbocycles. The summed E-state index contributed by atoms with van der Waals surface area (Å²) in [7, 11) is 0. The zero-order valence-electron chi connectivity index (χ0n) is 11.2. The molecule has 102 valence electrons. The molecule has 0 spiro atoms. The van der Waals surface area contributed by atoms with Crippen molar-refractivity contribution >= 4 is 5.69 Å². The average Bonchev–Trinajstić information content (AvgIpc) is 2.46. The summed E-state index contributed by atoms with van der Waals surface area (Å²) in [5.74, 6) is 0.432. The van der Waals surface area contributed by atoms with Crippen LogP contribution in [0.3, 0.4) is 0 Å². The highest BCUT2D eigenvalue weighted by atomic mass is 19.1. The Hall–Kier alpha value is -2.54. The number of nitrogens with zero attached hydrogens (tertiary/aromatic N) is 1. The Bertz CT molecular complexity index is 635. The molecule has 0 aromatic heterocycles. The summed E-state index contributed by atoms with van der Waals surface area (Å²) in [6.45, 7) is 2.91. The highest BCUT2D eigenvalue weighted by molar-refractivity contribution is 5.49. The van der Waals surface area contributed by atoms with Gasteiger partial charge in [-0.25, -0.2) is 4.39 Å². The van der Waals surface area contributed by atoms with Crippen LogP contribution >= 0.6 is 0 Å². The highest BCUT2D eigenvalue weighted by Crippen LogP contribution is 2.19. The Balaban J connectivity index is 2.11. The minimum Gasteiger partial charge on any atom is -0.494 e. The van der Waals surface area contributed by atoms with Gasteiger partial charge in [-0.2, -0.15) is 5.26 Å². The maximum atomic E-state index is 13.2. The lowest BCUT2D eigenvalue weighted by atomic mass is 10.1. The summed E-state index contributed by atoms with van der Waals surface area (Å²) in [5.41, 5.74) is 1.97. The molecule has 0 saturated heterocycles. The number of rotatable bonds is 5. The first-order valence-corrected chi connectivity index (χ1v) is 6.38. The van der Waals surface area contributed by atoms with E-state index in [1.807, 2.05) is 31.2 Å². The molecule has 2 aromatic carbocycles. The van der Waals surface area contributed by atoms with Crippen LogP contribution in [0.2, 0.25) is 0 Å². The fraction of sp³-hybridized carbons (Fsp3) is 0.188. The van der Waals surface area contributed by atoms with Gasteiger partial charge in [-0.3, -0.25) is 0 Å². The van der Waals surface area contributed by atoms with Crippen LogP contribution in [0.25, 0.3) is 0 Å². The minimum absolute atomic E-state index is 0.344. The first-order valence-electron chi connectivity index (χ1n) is 6.38. The maximum Gasteiger partial charge on any atom is 0.123 e. The lowest BCUT2D eigenvalue weighted by Crippen LogP contribution is -2.02. The SMILES string of the molecule is CCOc1cccc(NCc2cc(F)ccc2C#N)c1. The highest BCUT2D eigenvalue weighted by Gasteiger charge is 2.04. The first kappa shape index (κ1) is 13.9. The van der Waals surface area contributed by atoms with Crippen LogP contribution < -0.4 is 10.1 Å². The molecule has 2 rings (SSSR count). The van der Waals surface area contributed by atoms with Crippen molar-refractivity contribution in [2.75, 3.05) is 11.9 Å². The number of ether oxygens (including phenoxy) is 1. The molecule has 0 radical (unpaired) electrons. The summed E-state index contributed by atoms with van der Waals surface area (Å²) in [6, 6.07) is 13.7. The Morgan fingerprint density at radius 1 is 1.25 bits per heavy atom. The maximum absolute atomic E-state index is 13.2. The first-order chi connectivity index (χ1) is 9.72. The van der Waals surface area contributed by atoms with Crippen molar-refractivity contribution in [2.45, 2.75) is 13.5 Å². The van der Waals surface area contributed by atoms with Crippen molar-refractivity contribution in [1.82, 2.24) is 0 Å². The summed E-state index contributed by atoms with van der Waals surface area (Å²) >= 11 is 0. The molecule has 3 nitrogen and oxygen atoms in total. The monoisotopic (exact) mass is 270 g/mol. The topological polar surface area (TPSA) is 45.0 Å². The second-order valence-electron chi connectivity index (χ2n) is 4.23. The van der Waals surface area contributed by atoms with E-state index in [-0.39, 0.29) is 5.82 Å². The Labute approximate surface area is 117 Å². The van der Waals surface area contributed by atoms with E-state index in [1.165, 1.54) is 18.2 Å². The second-order valence-corrected chi connectivity index (χ2v) is 4.23. The fourth-order valence-electron chi connectivity index (χ4n) is 1.88. The summed E-state index contributed by atoms with van der Waals surface area (Å²) < 4.78 is 18.6. The third-order valence-electron chi connectivity index (χ3n) is 2.82. The molecule has 0 unspecified atom stereocenters. The number of anilines is 1. The Morgan fingerprint density at radius 3 is 2.85 bits per heavy atom. The molecular formula is C16H15FN2O. The smallest absolute Gasteiger partial charge is 0.123 e. The van der Waals surface area contributed by atoms with Crippen LogP contribution in [0.4, 0.5) is 10.1 Å². The normalized spacial score (nSPS) is 9.85. The summed E-state index contributed by atoms with van der Waals surface area (Å²) in [6.07, 6.45) is 0. The number of nitriles is 1. The molecule has 0 aliphatic heterocycles. The Kier molecular flexibility index (Phi) is 4.56. The molecule has 2 aromatic rings. The molecule has 1 N–H and O–H groups in total. The number of benzene rings is 2. The molecule has 20 heavy (non-hydrogen) atoms. The van der Waals surface area contributed by atoms with Gasteiger partial charge in [0, 0.05) is 18.3 Å². The van der Waals surface area contributed by atoms with E-state index in [0.29, 0.717) is 24.3 Å². The van der Waals surface area contributed by atoms with Crippen LogP contribution in [0, 0.1) is 17.1 Å². The lowest BCUT2D eigenvalue weighted by molar-refractivity contribution is 0.340. The number of hydrogen-bond acceptors (Lipinski definition) is 3. The van der Waals surface area contributed by atoms with Crippen molar-refractivity contribution in [3.8, 4) is 11.8 Å². The molecule has 0 fully saturated rings. The molecule has 0 amide bonds. The zero-order valence-corrected chi connectivity index (χ0v) is 11.2. The standard InChI is InChI=1S/C16H15FN2O/c1-2-20-16-5-3-4-15(9-16)19-11-13-8-14(17)7-6-12(13)10-18/h3-9,19H,2,11H2,1H3. The van der Waals surface area contributed by atoms with Gasteiger partial charge in [0.15, 0.2) is 0 Å². The van der Waals surface area contributed by atoms with Crippen molar-refractivity contribution in [3.05, 3.63) is 59.4 Å². The quantitative estimate of drug-likeness (QED) is 0.900. The van der Waals surface area contributed by atoms with Crippen molar-refractivity contribution in [2.24, 2.45) is 0 Å². The van der Waals surface area contributed by atoms with E-state index in [1.54, 1.807) is 0 Å². The third kappa shape index (κ3) is 3.48. The van der Waals surface area contributed by atoms with Crippen molar-refractivity contribution in [1.29, 1.82) is 5.26 Å². The molecule has 0 aliphatic carbocycles. The van der Waals surface area contributed by atoms with Gasteiger partial charge in [0.1, 0.15) is 11.6 Å². The van der Waals surface area contributed by atoms with Crippen molar-refractivity contribution < 1.29 is 9.13 Å². The largest absolute Gasteiger partial charge is 0.494 e. The van der Waals surface area contributed by atoms with Crippen LogP contribution in [0.1, 0.15) is 18.1 Å². The van der Waals surface area contributed by atoms with Gasteiger partial charge < -0.3 is 10.1 Å². The summed E-state index contributed by atoms with van der Waals surface area (Å²) in [5, 5.41) is 12.2. The predicted molar refractivity (Wildman–Crippen MR) is 76.1 cm³/mol. The molecule has 4 heteroatoms. The van der Waals surface area contributed by atoms with E-state index in [4.69, 9.17) is 10.00 Å². The second kappa shape index (κ2) is 6.58. The van der Waals surface area contributed by atoms with E-state index >= 15 is 0 Å². The van der Waals surface area contributed by atoms with Gasteiger partial charge in [0.25, 0.3) is 0 Å². The van der Waals surface area contributed by atoms with Gasteiger partial charge in [0.05, 0.1) is 18.2 Å². The van der Waals surface area contributed by atoms with Gasteiger partial charge in [-0.05, 0) is 42.8 Å². The fourth-order valence-corrected chi connectivity index (χ4v) is 1.88. The molecule has 0 heterocycles. The molecule has 0 bridgehead atoms. The predicted octanol–water partition coefficient (Wildman–Crippen LogP) is 3.71. The lowest BCUT2D eigenvalue weighted by Gasteiger charge is -2.10. The number of halogens is 1. The number of hydrogen-bond donors (Lipinski definition) is 1. The average molecular weight is 270 g/mol. The van der Waals surface area contributed by atoms with E-state index in [0.717, 1.165) is 11.4 Å². The van der Waals surface area contributed by atoms with E-state index < -0.39 is 0 Å². The van der Waals surface area contributed by atoms with Crippen LogP contribution in [0.5, 0.6) is 5.75 Å². The van der Waals surface area contributed by atoms with Crippen LogP contribution in [0.15, 0.2) is 42.5 Å². The van der Waals surface area contributed by atoms with Gasteiger partial charge in [0.2, 0.25) is 0 Å². The third-order valence-corrected chi connectivity index (χ3v) is 2.82. The molecule has 0 aliphatic rings. The van der Waals surface area contributed by atoms with E-state index in [2.05, 4.69) is 11.4 Å². The van der Waals surface area contributed by atoms with Crippen molar-refractivity contribution in [3.63, 3.8) is 0 Å². The number of nitrogens with one attached hydrogen (secondary N) is 1. The molecular weight excluding hydrogens is 255 g/mol. The van der Waals surface area contributed by atoms with Gasteiger partial charge >= 0.3 is 0 Å². The van der Waals surface area contributed by atoms with Crippen LogP contribution in [-0.2, 0) is 6.54 Å². The summed E-state index contributed by atoms with van der Waals surface area (Å²) in [4.78, 5) is 0.